The van der Waals surface area contributed by atoms with Crippen LogP contribution >= 0.6 is 0 Å². The molecule has 2 N–H and O–H groups in total. The maximum absolute atomic E-state index is 14.1. The van der Waals surface area contributed by atoms with Crippen molar-refractivity contribution < 1.29 is 17.6 Å². The first-order valence-electron chi connectivity index (χ1n) is 11.0. The normalized spacial score (nSPS) is 24.2. The van der Waals surface area contributed by atoms with Gasteiger partial charge in [0.05, 0.1) is 11.8 Å². The van der Waals surface area contributed by atoms with E-state index in [4.69, 9.17) is 0 Å². The summed E-state index contributed by atoms with van der Waals surface area (Å²) in [6.45, 7) is 4.57. The van der Waals surface area contributed by atoms with Gasteiger partial charge in [0.25, 0.3) is 5.91 Å². The minimum absolute atomic E-state index is 0.0536. The van der Waals surface area contributed by atoms with Gasteiger partial charge in [0.15, 0.2) is 0 Å². The van der Waals surface area contributed by atoms with Crippen molar-refractivity contribution in [2.75, 3.05) is 32.4 Å². The fraction of sp³-hybridized carbons (Fsp3) is 0.591. The summed E-state index contributed by atoms with van der Waals surface area (Å²) >= 11 is 0. The van der Waals surface area contributed by atoms with Crippen molar-refractivity contribution in [2.45, 2.75) is 51.1 Å². The average molecular weight is 451 g/mol. The predicted octanol–water partition coefficient (Wildman–Crippen LogP) is 2.62. The molecule has 9 heteroatoms. The first-order chi connectivity index (χ1) is 14.7. The van der Waals surface area contributed by atoms with E-state index in [9.17, 15) is 17.6 Å². The molecule has 0 bridgehead atoms. The second-order valence-electron chi connectivity index (χ2n) is 8.88. The van der Waals surface area contributed by atoms with E-state index in [1.54, 1.807) is 16.4 Å². The lowest BCUT2D eigenvalue weighted by atomic mass is 9.89. The summed E-state index contributed by atoms with van der Waals surface area (Å²) in [5.41, 5.74) is 1.94. The summed E-state index contributed by atoms with van der Waals surface area (Å²) in [7, 11) is -3.16. The Balaban J connectivity index is 1.39. The Morgan fingerprint density at radius 3 is 2.71 bits per heavy atom. The Morgan fingerprint density at radius 1 is 1.16 bits per heavy atom. The smallest absolute Gasteiger partial charge is 0.267 e. The quantitative estimate of drug-likeness (QED) is 0.750. The number of H-pyrrole nitrogens is 1. The molecule has 1 aromatic heterocycles. The van der Waals surface area contributed by atoms with Crippen molar-refractivity contribution in [1.82, 2.24) is 19.5 Å². The highest BCUT2D eigenvalue weighted by atomic mass is 32.2. The third kappa shape index (κ3) is 4.94. The van der Waals surface area contributed by atoms with Crippen LogP contribution in [0.5, 0.6) is 0 Å². The molecular formula is C22H31FN4O3S. The van der Waals surface area contributed by atoms with E-state index in [1.165, 1.54) is 12.3 Å². The molecule has 1 aliphatic carbocycles. The largest absolute Gasteiger partial charge is 0.350 e. The number of halogens is 1. The lowest BCUT2D eigenvalue weighted by molar-refractivity contribution is 0.0890. The van der Waals surface area contributed by atoms with Crippen LogP contribution in [0.25, 0.3) is 10.9 Å². The summed E-state index contributed by atoms with van der Waals surface area (Å²) in [5, 5.41) is 3.56. The number of sulfonamides is 1. The summed E-state index contributed by atoms with van der Waals surface area (Å²) in [6.07, 6.45) is 5.93. The summed E-state index contributed by atoms with van der Waals surface area (Å²) in [6, 6.07) is 5.10. The van der Waals surface area contributed by atoms with Crippen molar-refractivity contribution in [3.63, 3.8) is 0 Å². The first-order valence-corrected chi connectivity index (χ1v) is 12.8. The predicted molar refractivity (Wildman–Crippen MR) is 119 cm³/mol. The second-order valence-corrected chi connectivity index (χ2v) is 10.9. The number of carbonyl (C=O) groups excluding carboxylic acids is 1. The first kappa shape index (κ1) is 22.2. The van der Waals surface area contributed by atoms with E-state index in [-0.39, 0.29) is 17.8 Å². The summed E-state index contributed by atoms with van der Waals surface area (Å²) < 4.78 is 39.4. The van der Waals surface area contributed by atoms with Gasteiger partial charge < -0.3 is 10.3 Å². The van der Waals surface area contributed by atoms with Gasteiger partial charge in [-0.1, -0.05) is 6.07 Å². The van der Waals surface area contributed by atoms with E-state index in [0.29, 0.717) is 35.7 Å². The number of rotatable bonds is 4. The molecule has 0 spiro atoms. The van der Waals surface area contributed by atoms with Gasteiger partial charge in [-0.05, 0) is 63.3 Å². The maximum atomic E-state index is 14.1. The maximum Gasteiger partial charge on any atom is 0.267 e. The van der Waals surface area contributed by atoms with E-state index in [1.807, 2.05) is 6.92 Å². The molecule has 1 aliphatic heterocycles. The highest BCUT2D eigenvalue weighted by Gasteiger charge is 2.30. The van der Waals surface area contributed by atoms with Gasteiger partial charge >= 0.3 is 0 Å². The van der Waals surface area contributed by atoms with Crippen LogP contribution in [-0.2, 0) is 10.0 Å². The van der Waals surface area contributed by atoms with Crippen molar-refractivity contribution in [3.8, 4) is 0 Å². The van der Waals surface area contributed by atoms with Crippen LogP contribution in [0.3, 0.4) is 0 Å². The molecule has 0 unspecified atom stereocenters. The zero-order chi connectivity index (χ0) is 22.2. The van der Waals surface area contributed by atoms with E-state index >= 15 is 0 Å². The third-order valence-electron chi connectivity index (χ3n) is 6.65. The molecule has 1 aromatic carbocycles. The fourth-order valence-electron chi connectivity index (χ4n) is 4.95. The van der Waals surface area contributed by atoms with Gasteiger partial charge in [-0.25, -0.2) is 17.1 Å². The van der Waals surface area contributed by atoms with Crippen LogP contribution in [0, 0.1) is 12.7 Å². The summed E-state index contributed by atoms with van der Waals surface area (Å²) in [4.78, 5) is 18.3. The zero-order valence-corrected chi connectivity index (χ0v) is 19.0. The van der Waals surface area contributed by atoms with E-state index in [0.717, 1.165) is 50.8 Å². The molecule has 2 aliphatic rings. The van der Waals surface area contributed by atoms with E-state index < -0.39 is 10.0 Å². The fourth-order valence-corrected chi connectivity index (χ4v) is 5.82. The molecule has 0 radical (unpaired) electrons. The molecule has 4 rings (SSSR count). The number of carbonyl (C=O) groups is 1. The number of nitrogens with zero attached hydrogens (tertiary/aromatic N) is 2. The highest BCUT2D eigenvalue weighted by molar-refractivity contribution is 7.88. The third-order valence-corrected chi connectivity index (χ3v) is 7.95. The molecular weight excluding hydrogens is 419 g/mol. The molecule has 1 saturated carbocycles. The number of nitrogens with one attached hydrogen (secondary N) is 2. The Labute approximate surface area is 183 Å². The number of fused-ring (bicyclic) bond motifs is 1. The van der Waals surface area contributed by atoms with Gasteiger partial charge in [-0.15, -0.1) is 0 Å². The lowest BCUT2D eigenvalue weighted by Crippen LogP contribution is -2.47. The van der Waals surface area contributed by atoms with Crippen LogP contribution in [0.4, 0.5) is 4.39 Å². The van der Waals surface area contributed by atoms with Crippen molar-refractivity contribution >= 4 is 26.8 Å². The molecule has 1 amide bonds. The standard InChI is InChI=1S/C22H31FN4O3S/c1-15-7-8-19(23)18-14-20(25-21(15)18)22(28)24-16-5-3-6-17(13-16)26-9-4-10-27(12-11-26)31(2,29)30/h7-8,14,16-17,25H,3-6,9-13H2,1-2H3,(H,24,28)/t16-,17+/m1/s1. The van der Waals surface area contributed by atoms with Crippen LogP contribution < -0.4 is 5.32 Å². The number of hydrogen-bond donors (Lipinski definition) is 2. The molecule has 31 heavy (non-hydrogen) atoms. The van der Waals surface area contributed by atoms with E-state index in [2.05, 4.69) is 15.2 Å². The summed E-state index contributed by atoms with van der Waals surface area (Å²) in [5.74, 6) is -0.544. The van der Waals surface area contributed by atoms with Crippen LogP contribution in [-0.4, -0.2) is 73.0 Å². The van der Waals surface area contributed by atoms with Crippen LogP contribution in [0.2, 0.25) is 0 Å². The average Bonchev–Trinajstić information content (AvgIpc) is 3.03. The second kappa shape index (κ2) is 8.88. The molecule has 1 saturated heterocycles. The SMILES string of the molecule is Cc1ccc(F)c2cc(C(=O)N[C@@H]3CCC[C@H](N4CCCN(S(C)(=O)=O)CC4)C3)[nH]c12. The topological polar surface area (TPSA) is 85.5 Å². The minimum atomic E-state index is -3.16. The Bertz CT molecular complexity index is 1030. The highest BCUT2D eigenvalue weighted by Crippen LogP contribution is 2.26. The zero-order valence-electron chi connectivity index (χ0n) is 18.2. The number of amides is 1. The van der Waals surface area contributed by atoms with Crippen molar-refractivity contribution in [3.05, 3.63) is 35.3 Å². The lowest BCUT2D eigenvalue weighted by Gasteiger charge is -2.37. The number of aromatic nitrogens is 1. The Morgan fingerprint density at radius 2 is 1.97 bits per heavy atom. The number of aromatic amines is 1. The number of hydrogen-bond acceptors (Lipinski definition) is 4. The van der Waals surface area contributed by atoms with Crippen molar-refractivity contribution in [2.24, 2.45) is 0 Å². The van der Waals surface area contributed by atoms with Crippen LogP contribution in [0.1, 0.15) is 48.2 Å². The molecule has 2 aromatic rings. The molecule has 2 fully saturated rings. The minimum Gasteiger partial charge on any atom is -0.350 e. The van der Waals surface area contributed by atoms with Crippen molar-refractivity contribution in [1.29, 1.82) is 0 Å². The van der Waals surface area contributed by atoms with Gasteiger partial charge in [0.1, 0.15) is 11.5 Å². The van der Waals surface area contributed by atoms with Gasteiger partial charge in [0.2, 0.25) is 10.0 Å². The van der Waals surface area contributed by atoms with Crippen LogP contribution in [0.15, 0.2) is 18.2 Å². The molecule has 7 nitrogen and oxygen atoms in total. The number of aryl methyl sites for hydroxylation is 1. The Hall–Kier alpha value is -1.97. The van der Waals surface area contributed by atoms with Gasteiger partial charge in [-0.3, -0.25) is 9.69 Å². The Kier molecular flexibility index (Phi) is 6.37. The molecule has 2 heterocycles. The van der Waals surface area contributed by atoms with Gasteiger partial charge in [-0.2, -0.15) is 0 Å². The molecule has 2 atom stereocenters. The van der Waals surface area contributed by atoms with Gasteiger partial charge in [0, 0.05) is 37.1 Å². The monoisotopic (exact) mass is 450 g/mol. The number of benzene rings is 1. The molecule has 170 valence electrons.